The van der Waals surface area contributed by atoms with Crippen LogP contribution >= 0.6 is 11.3 Å². The standard InChI is InChI=1S/C13H23N3O2S/c1-16(2)13-15-12(17-3)11(19-13)8-14-7-10-5-4-6-18-9-10/h10,14H,4-9H2,1-3H3. The van der Waals surface area contributed by atoms with Crippen molar-refractivity contribution in [3.63, 3.8) is 0 Å². The molecule has 1 unspecified atom stereocenters. The van der Waals surface area contributed by atoms with Gasteiger partial charge in [-0.05, 0) is 18.8 Å². The van der Waals surface area contributed by atoms with E-state index < -0.39 is 0 Å². The maximum absolute atomic E-state index is 5.48. The fourth-order valence-electron chi connectivity index (χ4n) is 2.15. The van der Waals surface area contributed by atoms with E-state index in [-0.39, 0.29) is 0 Å². The van der Waals surface area contributed by atoms with Gasteiger partial charge in [-0.3, -0.25) is 0 Å². The molecule has 6 heteroatoms. The molecular weight excluding hydrogens is 262 g/mol. The quantitative estimate of drug-likeness (QED) is 0.862. The van der Waals surface area contributed by atoms with Gasteiger partial charge in [0.2, 0.25) is 5.88 Å². The lowest BCUT2D eigenvalue weighted by molar-refractivity contribution is 0.0547. The second-order valence-corrected chi connectivity index (χ2v) is 6.10. The predicted octanol–water partition coefficient (Wildman–Crippen LogP) is 1.73. The molecule has 1 aromatic rings. The van der Waals surface area contributed by atoms with Crippen molar-refractivity contribution in [2.24, 2.45) is 5.92 Å². The van der Waals surface area contributed by atoms with E-state index >= 15 is 0 Å². The summed E-state index contributed by atoms with van der Waals surface area (Å²) in [7, 11) is 5.66. The molecule has 1 saturated heterocycles. The molecule has 0 amide bonds. The van der Waals surface area contributed by atoms with E-state index in [9.17, 15) is 0 Å². The summed E-state index contributed by atoms with van der Waals surface area (Å²) < 4.78 is 10.8. The fraction of sp³-hybridized carbons (Fsp3) is 0.769. The fourth-order valence-corrected chi connectivity index (χ4v) is 3.07. The summed E-state index contributed by atoms with van der Waals surface area (Å²) in [6, 6.07) is 0. The first kappa shape index (κ1) is 14.6. The van der Waals surface area contributed by atoms with Gasteiger partial charge in [-0.1, -0.05) is 11.3 Å². The highest BCUT2D eigenvalue weighted by Gasteiger charge is 2.15. The van der Waals surface area contributed by atoms with Gasteiger partial charge in [0.1, 0.15) is 0 Å². The number of rotatable bonds is 6. The summed E-state index contributed by atoms with van der Waals surface area (Å²) in [4.78, 5) is 7.61. The Bertz CT molecular complexity index is 389. The van der Waals surface area contributed by atoms with Crippen molar-refractivity contribution in [2.45, 2.75) is 19.4 Å². The Morgan fingerprint density at radius 2 is 2.37 bits per heavy atom. The zero-order valence-corrected chi connectivity index (χ0v) is 12.8. The SMILES string of the molecule is COc1nc(N(C)C)sc1CNCC1CCCOC1. The van der Waals surface area contributed by atoms with Crippen LogP contribution in [0.1, 0.15) is 17.7 Å². The summed E-state index contributed by atoms with van der Waals surface area (Å²) in [5.74, 6) is 1.38. The molecule has 1 N–H and O–H groups in total. The third kappa shape index (κ3) is 4.06. The minimum absolute atomic E-state index is 0.640. The minimum atomic E-state index is 0.640. The van der Waals surface area contributed by atoms with Gasteiger partial charge in [-0.25, -0.2) is 0 Å². The first-order valence-corrected chi connectivity index (χ1v) is 7.52. The van der Waals surface area contributed by atoms with Gasteiger partial charge in [0.05, 0.1) is 18.6 Å². The molecule has 1 aliphatic heterocycles. The van der Waals surface area contributed by atoms with Gasteiger partial charge in [0.25, 0.3) is 0 Å². The minimum Gasteiger partial charge on any atom is -0.480 e. The number of thiazole rings is 1. The predicted molar refractivity (Wildman–Crippen MR) is 78.2 cm³/mol. The number of nitrogens with zero attached hydrogens (tertiary/aromatic N) is 2. The van der Waals surface area contributed by atoms with Crippen LogP contribution in [0.15, 0.2) is 0 Å². The van der Waals surface area contributed by atoms with E-state index in [1.807, 2.05) is 19.0 Å². The van der Waals surface area contributed by atoms with E-state index in [2.05, 4.69) is 10.3 Å². The van der Waals surface area contributed by atoms with Crippen LogP contribution in [0.3, 0.4) is 0 Å². The van der Waals surface area contributed by atoms with Gasteiger partial charge in [-0.15, -0.1) is 0 Å². The Morgan fingerprint density at radius 1 is 1.53 bits per heavy atom. The van der Waals surface area contributed by atoms with Gasteiger partial charge < -0.3 is 19.7 Å². The van der Waals surface area contributed by atoms with Crippen molar-refractivity contribution in [3.05, 3.63) is 4.88 Å². The van der Waals surface area contributed by atoms with E-state index in [1.54, 1.807) is 18.4 Å². The third-order valence-electron chi connectivity index (χ3n) is 3.20. The zero-order valence-electron chi connectivity index (χ0n) is 11.9. The van der Waals surface area contributed by atoms with Crippen LogP contribution in [-0.4, -0.2) is 45.9 Å². The smallest absolute Gasteiger partial charge is 0.230 e. The van der Waals surface area contributed by atoms with E-state index in [0.29, 0.717) is 5.92 Å². The molecule has 1 fully saturated rings. The van der Waals surface area contributed by atoms with Crippen LogP contribution in [0.4, 0.5) is 5.13 Å². The molecular formula is C13H23N3O2S. The summed E-state index contributed by atoms with van der Waals surface area (Å²) in [6.45, 7) is 3.62. The second-order valence-electron chi connectivity index (χ2n) is 5.04. The summed E-state index contributed by atoms with van der Waals surface area (Å²) in [6.07, 6.45) is 2.44. The second kappa shape index (κ2) is 7.07. The van der Waals surface area contributed by atoms with E-state index in [1.165, 1.54) is 12.8 Å². The Labute approximate surface area is 118 Å². The maximum atomic E-state index is 5.48. The number of aromatic nitrogens is 1. The van der Waals surface area contributed by atoms with Crippen molar-refractivity contribution in [1.82, 2.24) is 10.3 Å². The number of methoxy groups -OCH3 is 1. The Hall–Kier alpha value is -0.850. The number of ether oxygens (including phenoxy) is 2. The zero-order chi connectivity index (χ0) is 13.7. The average molecular weight is 285 g/mol. The molecule has 0 aliphatic carbocycles. The summed E-state index contributed by atoms with van der Waals surface area (Å²) in [5.41, 5.74) is 0. The molecule has 1 aliphatic rings. The lowest BCUT2D eigenvalue weighted by Crippen LogP contribution is -2.28. The summed E-state index contributed by atoms with van der Waals surface area (Å²) >= 11 is 1.67. The first-order valence-electron chi connectivity index (χ1n) is 6.70. The Balaban J connectivity index is 1.84. The molecule has 0 aromatic carbocycles. The highest BCUT2D eigenvalue weighted by atomic mass is 32.1. The maximum Gasteiger partial charge on any atom is 0.230 e. The van der Waals surface area contributed by atoms with Crippen LogP contribution in [0.2, 0.25) is 0 Å². The average Bonchev–Trinajstić information content (AvgIpc) is 2.83. The van der Waals surface area contributed by atoms with E-state index in [0.717, 1.165) is 42.2 Å². The van der Waals surface area contributed by atoms with Crippen molar-refractivity contribution < 1.29 is 9.47 Å². The first-order chi connectivity index (χ1) is 9.20. The van der Waals surface area contributed by atoms with Crippen LogP contribution in [0.5, 0.6) is 5.88 Å². The summed E-state index contributed by atoms with van der Waals surface area (Å²) in [5, 5.41) is 4.47. The topological polar surface area (TPSA) is 46.6 Å². The van der Waals surface area contributed by atoms with Crippen molar-refractivity contribution in [2.75, 3.05) is 45.9 Å². The number of nitrogens with one attached hydrogen (secondary N) is 1. The highest BCUT2D eigenvalue weighted by Crippen LogP contribution is 2.30. The van der Waals surface area contributed by atoms with Crippen molar-refractivity contribution in [1.29, 1.82) is 0 Å². The van der Waals surface area contributed by atoms with Crippen molar-refractivity contribution >= 4 is 16.5 Å². The molecule has 108 valence electrons. The van der Waals surface area contributed by atoms with Gasteiger partial charge >= 0.3 is 0 Å². The monoisotopic (exact) mass is 285 g/mol. The van der Waals surface area contributed by atoms with Crippen LogP contribution in [-0.2, 0) is 11.3 Å². The Morgan fingerprint density at radius 3 is 3.00 bits per heavy atom. The molecule has 5 nitrogen and oxygen atoms in total. The van der Waals surface area contributed by atoms with Crippen LogP contribution in [0.25, 0.3) is 0 Å². The largest absolute Gasteiger partial charge is 0.480 e. The van der Waals surface area contributed by atoms with Crippen LogP contribution < -0.4 is 15.0 Å². The Kier molecular flexibility index (Phi) is 5.42. The molecule has 19 heavy (non-hydrogen) atoms. The molecule has 0 radical (unpaired) electrons. The molecule has 2 heterocycles. The van der Waals surface area contributed by atoms with Gasteiger partial charge in [-0.2, -0.15) is 4.98 Å². The highest BCUT2D eigenvalue weighted by molar-refractivity contribution is 7.15. The number of anilines is 1. The van der Waals surface area contributed by atoms with E-state index in [4.69, 9.17) is 9.47 Å². The molecule has 1 atom stereocenters. The normalized spacial score (nSPS) is 19.4. The lowest BCUT2D eigenvalue weighted by Gasteiger charge is -2.22. The van der Waals surface area contributed by atoms with Gasteiger partial charge in [0, 0.05) is 33.8 Å². The molecule has 1 aromatic heterocycles. The molecule has 2 rings (SSSR count). The van der Waals surface area contributed by atoms with Gasteiger partial charge in [0.15, 0.2) is 5.13 Å². The number of hydrogen-bond acceptors (Lipinski definition) is 6. The molecule has 0 bridgehead atoms. The lowest BCUT2D eigenvalue weighted by atomic mass is 10.0. The van der Waals surface area contributed by atoms with Crippen molar-refractivity contribution in [3.8, 4) is 5.88 Å². The molecule has 0 spiro atoms. The van der Waals surface area contributed by atoms with Crippen LogP contribution in [0, 0.1) is 5.92 Å². The number of hydrogen-bond donors (Lipinski definition) is 1. The third-order valence-corrected chi connectivity index (χ3v) is 4.40. The molecule has 0 saturated carbocycles.